The Bertz CT molecular complexity index is 849. The number of hydrogen-bond acceptors (Lipinski definition) is 6. The van der Waals surface area contributed by atoms with Crippen LogP contribution >= 0.6 is 0 Å². The van der Waals surface area contributed by atoms with Crippen molar-refractivity contribution in [2.75, 3.05) is 49.3 Å². The van der Waals surface area contributed by atoms with Gasteiger partial charge in [0.25, 0.3) is 0 Å². The second-order valence-electron chi connectivity index (χ2n) is 6.23. The summed E-state index contributed by atoms with van der Waals surface area (Å²) in [7, 11) is -1.56. The monoisotopic (exact) mass is 376 g/mol. The molecule has 1 N–H and O–H groups in total. The molecule has 140 valence electrons. The average Bonchev–Trinajstić information content (AvgIpc) is 2.66. The molecule has 1 aliphatic rings. The van der Waals surface area contributed by atoms with Gasteiger partial charge in [0.05, 0.1) is 19.1 Å². The van der Waals surface area contributed by atoms with Gasteiger partial charge in [-0.1, -0.05) is 18.2 Å². The maximum atomic E-state index is 11.4. The van der Waals surface area contributed by atoms with Crippen LogP contribution in [0.3, 0.4) is 0 Å². The van der Waals surface area contributed by atoms with E-state index in [1.165, 1.54) is 0 Å². The number of para-hydroxylation sites is 2. The predicted octanol–water partition coefficient (Wildman–Crippen LogP) is 1.47. The molecule has 26 heavy (non-hydrogen) atoms. The zero-order chi connectivity index (χ0) is 18.6. The quantitative estimate of drug-likeness (QED) is 0.823. The van der Waals surface area contributed by atoms with Crippen LogP contribution in [0.25, 0.3) is 0 Å². The molecule has 3 rings (SSSR count). The molecule has 1 saturated heterocycles. The Balaban J connectivity index is 1.70. The minimum absolute atomic E-state index is 0.245. The first-order valence-electron chi connectivity index (χ1n) is 8.49. The SMILES string of the molecule is COc1ccccc1N1CCN(c2ncccc2CNS(C)(=O)=O)CC1. The molecule has 1 aromatic carbocycles. The van der Waals surface area contributed by atoms with Gasteiger partial charge in [-0.3, -0.25) is 0 Å². The zero-order valence-corrected chi connectivity index (χ0v) is 15.9. The molecule has 7 nitrogen and oxygen atoms in total. The Hall–Kier alpha value is -2.32. The van der Waals surface area contributed by atoms with Gasteiger partial charge in [0.15, 0.2) is 0 Å². The molecular formula is C18H24N4O3S. The molecule has 0 spiro atoms. The highest BCUT2D eigenvalue weighted by Crippen LogP contribution is 2.29. The van der Waals surface area contributed by atoms with Crippen LogP contribution in [0, 0.1) is 0 Å². The van der Waals surface area contributed by atoms with E-state index in [1.54, 1.807) is 13.3 Å². The number of piperazine rings is 1. The summed E-state index contributed by atoms with van der Waals surface area (Å²) in [6, 6.07) is 11.7. The third-order valence-corrected chi connectivity index (χ3v) is 5.07. The maximum absolute atomic E-state index is 11.4. The highest BCUT2D eigenvalue weighted by Gasteiger charge is 2.22. The number of hydrogen-bond donors (Lipinski definition) is 1. The predicted molar refractivity (Wildman–Crippen MR) is 103 cm³/mol. The first-order valence-corrected chi connectivity index (χ1v) is 10.4. The van der Waals surface area contributed by atoms with Gasteiger partial charge in [-0.15, -0.1) is 0 Å². The van der Waals surface area contributed by atoms with Gasteiger partial charge >= 0.3 is 0 Å². The normalized spacial score (nSPS) is 15.2. The molecule has 2 heterocycles. The van der Waals surface area contributed by atoms with Crippen molar-refractivity contribution in [3.63, 3.8) is 0 Å². The summed E-state index contributed by atoms with van der Waals surface area (Å²) < 4.78 is 30.8. The number of sulfonamides is 1. The van der Waals surface area contributed by atoms with Gasteiger partial charge in [-0.05, 0) is 18.2 Å². The molecule has 0 unspecified atom stereocenters. The van der Waals surface area contributed by atoms with Crippen molar-refractivity contribution in [1.29, 1.82) is 0 Å². The Labute approximate surface area is 154 Å². The van der Waals surface area contributed by atoms with E-state index < -0.39 is 10.0 Å². The Morgan fingerprint density at radius 3 is 2.46 bits per heavy atom. The van der Waals surface area contributed by atoms with E-state index in [0.29, 0.717) is 0 Å². The molecule has 0 radical (unpaired) electrons. The molecule has 8 heteroatoms. The van der Waals surface area contributed by atoms with E-state index in [1.807, 2.05) is 30.3 Å². The molecule has 0 atom stereocenters. The van der Waals surface area contributed by atoms with Crippen LogP contribution in [-0.2, 0) is 16.6 Å². The van der Waals surface area contributed by atoms with E-state index in [2.05, 4.69) is 25.6 Å². The summed E-state index contributed by atoms with van der Waals surface area (Å²) >= 11 is 0. The fourth-order valence-electron chi connectivity index (χ4n) is 3.11. The van der Waals surface area contributed by atoms with Crippen LogP contribution in [0.4, 0.5) is 11.5 Å². The lowest BCUT2D eigenvalue weighted by Gasteiger charge is -2.37. The topological polar surface area (TPSA) is 74.8 Å². The minimum atomic E-state index is -3.24. The van der Waals surface area contributed by atoms with Crippen molar-refractivity contribution in [3.05, 3.63) is 48.2 Å². The van der Waals surface area contributed by atoms with Crippen LogP contribution in [0.15, 0.2) is 42.6 Å². The molecule has 1 aromatic heterocycles. The lowest BCUT2D eigenvalue weighted by atomic mass is 10.2. The lowest BCUT2D eigenvalue weighted by Crippen LogP contribution is -2.47. The average molecular weight is 376 g/mol. The number of ether oxygens (including phenoxy) is 1. The number of nitrogens with zero attached hydrogens (tertiary/aromatic N) is 3. The maximum Gasteiger partial charge on any atom is 0.209 e. The first-order chi connectivity index (χ1) is 12.5. The van der Waals surface area contributed by atoms with Gasteiger partial charge in [0, 0.05) is 44.5 Å². The lowest BCUT2D eigenvalue weighted by molar-refractivity contribution is 0.413. The number of nitrogens with one attached hydrogen (secondary N) is 1. The number of pyridine rings is 1. The van der Waals surface area contributed by atoms with Crippen molar-refractivity contribution >= 4 is 21.5 Å². The van der Waals surface area contributed by atoms with Crippen LogP contribution in [0.5, 0.6) is 5.75 Å². The van der Waals surface area contributed by atoms with Crippen LogP contribution < -0.4 is 19.3 Å². The molecule has 1 fully saturated rings. The van der Waals surface area contributed by atoms with Crippen molar-refractivity contribution in [1.82, 2.24) is 9.71 Å². The fourth-order valence-corrected chi connectivity index (χ4v) is 3.53. The number of benzene rings is 1. The summed E-state index contributed by atoms with van der Waals surface area (Å²) in [5.74, 6) is 1.71. The number of methoxy groups -OCH3 is 1. The Morgan fingerprint density at radius 1 is 1.08 bits per heavy atom. The summed E-state index contributed by atoms with van der Waals surface area (Å²) in [5.41, 5.74) is 1.97. The summed E-state index contributed by atoms with van der Waals surface area (Å²) in [6.07, 6.45) is 2.90. The molecular weight excluding hydrogens is 352 g/mol. The standard InChI is InChI=1S/C18H24N4O3S/c1-25-17-8-4-3-7-16(17)21-10-12-22(13-11-21)18-15(6-5-9-19-18)14-20-26(2,23)24/h3-9,20H,10-14H2,1-2H3. The van der Waals surface area contributed by atoms with Crippen molar-refractivity contribution in [2.24, 2.45) is 0 Å². The van der Waals surface area contributed by atoms with E-state index in [4.69, 9.17) is 4.74 Å². The smallest absolute Gasteiger partial charge is 0.209 e. The van der Waals surface area contributed by atoms with Gasteiger partial charge in [0.1, 0.15) is 11.6 Å². The molecule has 0 saturated carbocycles. The Kier molecular flexibility index (Phi) is 5.63. The van der Waals surface area contributed by atoms with E-state index in [0.717, 1.165) is 55.3 Å². The van der Waals surface area contributed by atoms with Crippen LogP contribution in [-0.4, -0.2) is 52.9 Å². The van der Waals surface area contributed by atoms with Gasteiger partial charge in [-0.2, -0.15) is 0 Å². The van der Waals surface area contributed by atoms with Gasteiger partial charge in [-0.25, -0.2) is 18.1 Å². The van der Waals surface area contributed by atoms with Gasteiger partial charge in [0.2, 0.25) is 10.0 Å². The second-order valence-corrected chi connectivity index (χ2v) is 8.06. The van der Waals surface area contributed by atoms with Gasteiger partial charge < -0.3 is 14.5 Å². The molecule has 0 amide bonds. The van der Waals surface area contributed by atoms with E-state index >= 15 is 0 Å². The van der Waals surface area contributed by atoms with Crippen LogP contribution in [0.1, 0.15) is 5.56 Å². The van der Waals surface area contributed by atoms with Crippen molar-refractivity contribution in [3.8, 4) is 5.75 Å². The number of aromatic nitrogens is 1. The van der Waals surface area contributed by atoms with Crippen molar-refractivity contribution < 1.29 is 13.2 Å². The number of anilines is 2. The largest absolute Gasteiger partial charge is 0.495 e. The highest BCUT2D eigenvalue weighted by atomic mass is 32.2. The highest BCUT2D eigenvalue weighted by molar-refractivity contribution is 7.88. The van der Waals surface area contributed by atoms with Crippen molar-refractivity contribution in [2.45, 2.75) is 6.54 Å². The summed E-state index contributed by atoms with van der Waals surface area (Å²) in [6.45, 7) is 3.54. The van der Waals surface area contributed by atoms with Crippen LogP contribution in [0.2, 0.25) is 0 Å². The van der Waals surface area contributed by atoms with E-state index in [-0.39, 0.29) is 6.54 Å². The molecule has 0 bridgehead atoms. The fraction of sp³-hybridized carbons (Fsp3) is 0.389. The Morgan fingerprint density at radius 2 is 1.77 bits per heavy atom. The number of rotatable bonds is 6. The second kappa shape index (κ2) is 7.92. The summed E-state index contributed by atoms with van der Waals surface area (Å²) in [4.78, 5) is 8.98. The summed E-state index contributed by atoms with van der Waals surface area (Å²) in [5, 5.41) is 0. The third kappa shape index (κ3) is 4.44. The minimum Gasteiger partial charge on any atom is -0.495 e. The third-order valence-electron chi connectivity index (χ3n) is 4.40. The molecule has 2 aromatic rings. The zero-order valence-electron chi connectivity index (χ0n) is 15.1. The van der Waals surface area contributed by atoms with E-state index in [9.17, 15) is 8.42 Å². The molecule has 0 aliphatic carbocycles. The first kappa shape index (κ1) is 18.5. The molecule has 1 aliphatic heterocycles.